The van der Waals surface area contributed by atoms with Gasteiger partial charge in [-0.3, -0.25) is 0 Å². The maximum Gasteiger partial charge on any atom is 0.315 e. The topological polar surface area (TPSA) is 155 Å². The van der Waals surface area contributed by atoms with Crippen molar-refractivity contribution >= 4 is 51.6 Å². The Morgan fingerprint density at radius 1 is 0.571 bits per heavy atom. The van der Waals surface area contributed by atoms with Crippen molar-refractivity contribution in [3.05, 3.63) is 0 Å². The summed E-state index contributed by atoms with van der Waals surface area (Å²) >= 11 is 0. The molecule has 0 aliphatic carbocycles. The third-order valence-electron chi connectivity index (χ3n) is 5.11. The molecule has 0 rings (SSSR count). The Labute approximate surface area is 261 Å². The third-order valence-corrected chi connectivity index (χ3v) is 25.8. The maximum absolute atomic E-state index is 10.1. The first-order chi connectivity index (χ1) is 19.0. The van der Waals surface area contributed by atoms with Crippen molar-refractivity contribution in [3.63, 3.8) is 0 Å². The van der Waals surface area contributed by atoms with Gasteiger partial charge in [0.1, 0.15) is 18.3 Å². The number of aliphatic hydroxyl groups excluding tert-OH is 4. The molecule has 4 N–H and O–H groups in total. The summed E-state index contributed by atoms with van der Waals surface area (Å²) < 4.78 is 48.7. The summed E-state index contributed by atoms with van der Waals surface area (Å²) in [5, 5.41) is 37.9. The highest BCUT2D eigenvalue weighted by molar-refractivity contribution is 6.88. The fraction of sp³-hybridized carbons (Fsp3) is 1.00. The van der Waals surface area contributed by atoms with Gasteiger partial charge in [-0.2, -0.15) is 0 Å². The summed E-state index contributed by atoms with van der Waals surface area (Å²) in [5.74, 6) is 0. The molecular formula is C24H62O12Si6. The Balaban J connectivity index is 4.66. The van der Waals surface area contributed by atoms with E-state index in [1.807, 2.05) is 6.55 Å². The second-order valence-electron chi connectivity index (χ2n) is 13.7. The summed E-state index contributed by atoms with van der Waals surface area (Å²) in [6.45, 7) is 25.4. The molecule has 0 saturated carbocycles. The van der Waals surface area contributed by atoms with Gasteiger partial charge in [0.25, 0.3) is 0 Å². The van der Waals surface area contributed by atoms with Crippen LogP contribution >= 0.6 is 0 Å². The van der Waals surface area contributed by atoms with Crippen LogP contribution in [0, 0.1) is 0 Å². The predicted molar refractivity (Wildman–Crippen MR) is 179 cm³/mol. The minimum atomic E-state index is -2.56. The third kappa shape index (κ3) is 24.1. The Hall–Kier alpha value is 0.821. The lowest BCUT2D eigenvalue weighted by atomic mass is 10.4. The SMILES string of the molecule is C[SiH](O[Si](C)(C)O[Si](C)(C)O[Si](C)(C)C)O[Si](C)(CCCOCC(O)COCC(O)COCC(O)CO)O[Si](C)(C)C. The zero-order valence-corrected chi connectivity index (χ0v) is 34.4. The van der Waals surface area contributed by atoms with Gasteiger partial charge in [0.2, 0.25) is 0 Å². The van der Waals surface area contributed by atoms with Crippen LogP contribution in [0.25, 0.3) is 0 Å². The molecule has 5 atom stereocenters. The van der Waals surface area contributed by atoms with Crippen molar-refractivity contribution < 1.29 is 55.2 Å². The number of ether oxygens (including phenoxy) is 3. The highest BCUT2D eigenvalue weighted by Crippen LogP contribution is 2.26. The van der Waals surface area contributed by atoms with Gasteiger partial charge < -0.3 is 55.2 Å². The molecular weight excluding hydrogens is 649 g/mol. The van der Waals surface area contributed by atoms with Crippen LogP contribution in [0.1, 0.15) is 6.42 Å². The Bertz CT molecular complexity index is 725. The molecule has 0 aliphatic heterocycles. The average Bonchev–Trinajstić information content (AvgIpc) is 2.73. The summed E-state index contributed by atoms with van der Waals surface area (Å²) in [7, 11) is -13.1. The largest absolute Gasteiger partial charge is 0.437 e. The molecule has 0 aromatic heterocycles. The average molecular weight is 711 g/mol. The van der Waals surface area contributed by atoms with E-state index >= 15 is 0 Å². The van der Waals surface area contributed by atoms with Crippen LogP contribution in [0.3, 0.4) is 0 Å². The number of aliphatic hydroxyl groups is 4. The molecule has 0 heterocycles. The molecule has 0 aromatic carbocycles. The minimum absolute atomic E-state index is 0.00940. The first-order valence-corrected chi connectivity index (χ1v) is 31.9. The van der Waals surface area contributed by atoms with E-state index in [0.29, 0.717) is 6.61 Å². The highest BCUT2D eigenvalue weighted by Gasteiger charge is 2.43. The molecule has 0 fully saturated rings. The van der Waals surface area contributed by atoms with Gasteiger partial charge in [0, 0.05) is 6.61 Å². The molecule has 0 spiro atoms. The minimum Gasteiger partial charge on any atom is -0.437 e. The van der Waals surface area contributed by atoms with Crippen molar-refractivity contribution in [2.45, 2.75) is 109 Å². The molecule has 0 aliphatic rings. The second-order valence-corrected chi connectivity index (χ2v) is 36.0. The van der Waals surface area contributed by atoms with Crippen LogP contribution in [0.2, 0.25) is 84.6 Å². The molecule has 12 nitrogen and oxygen atoms in total. The van der Waals surface area contributed by atoms with Gasteiger partial charge in [-0.25, -0.2) is 0 Å². The zero-order valence-electron chi connectivity index (χ0n) is 28.2. The van der Waals surface area contributed by atoms with Crippen molar-refractivity contribution in [2.24, 2.45) is 0 Å². The van der Waals surface area contributed by atoms with Crippen LogP contribution in [0.4, 0.5) is 0 Å². The van der Waals surface area contributed by atoms with Crippen molar-refractivity contribution in [1.29, 1.82) is 0 Å². The molecule has 0 saturated heterocycles. The fourth-order valence-electron chi connectivity index (χ4n) is 4.47. The Kier molecular flexibility index (Phi) is 19.9. The van der Waals surface area contributed by atoms with E-state index in [2.05, 4.69) is 72.0 Å². The molecule has 0 aromatic rings. The van der Waals surface area contributed by atoms with Gasteiger partial charge in [-0.05, 0) is 91.0 Å². The molecule has 0 bridgehead atoms. The van der Waals surface area contributed by atoms with Gasteiger partial charge in [0.15, 0.2) is 16.6 Å². The second kappa shape index (κ2) is 19.5. The van der Waals surface area contributed by atoms with Gasteiger partial charge in [-0.15, -0.1) is 0 Å². The lowest BCUT2D eigenvalue weighted by Crippen LogP contribution is -2.56. The predicted octanol–water partition coefficient (Wildman–Crippen LogP) is 2.58. The van der Waals surface area contributed by atoms with Crippen LogP contribution < -0.4 is 0 Å². The van der Waals surface area contributed by atoms with Crippen molar-refractivity contribution in [3.8, 4) is 0 Å². The Morgan fingerprint density at radius 3 is 1.48 bits per heavy atom. The van der Waals surface area contributed by atoms with E-state index < -0.39 is 76.5 Å². The van der Waals surface area contributed by atoms with E-state index in [-0.39, 0.29) is 33.0 Å². The monoisotopic (exact) mass is 710 g/mol. The Morgan fingerprint density at radius 2 is 1.02 bits per heavy atom. The lowest BCUT2D eigenvalue weighted by Gasteiger charge is -2.40. The quantitative estimate of drug-likeness (QED) is 0.0814. The van der Waals surface area contributed by atoms with E-state index in [0.717, 1.165) is 12.5 Å². The van der Waals surface area contributed by atoms with E-state index in [1.54, 1.807) is 0 Å². The molecule has 0 radical (unpaired) electrons. The molecule has 5 unspecified atom stereocenters. The van der Waals surface area contributed by atoms with Gasteiger partial charge in [-0.1, -0.05) is 0 Å². The molecule has 0 amide bonds. The van der Waals surface area contributed by atoms with Crippen LogP contribution in [0.15, 0.2) is 0 Å². The number of rotatable bonds is 25. The van der Waals surface area contributed by atoms with E-state index in [4.69, 9.17) is 39.9 Å². The van der Waals surface area contributed by atoms with Crippen molar-refractivity contribution in [2.75, 3.05) is 46.2 Å². The summed E-state index contributed by atoms with van der Waals surface area (Å²) in [4.78, 5) is 0. The number of hydrogen-bond donors (Lipinski definition) is 4. The van der Waals surface area contributed by atoms with Crippen molar-refractivity contribution in [1.82, 2.24) is 0 Å². The first-order valence-electron chi connectivity index (χ1n) is 14.8. The summed E-state index contributed by atoms with van der Waals surface area (Å²) in [6, 6.07) is 0.740. The lowest BCUT2D eigenvalue weighted by molar-refractivity contribution is -0.0674. The first kappa shape index (κ1) is 42.8. The molecule has 42 heavy (non-hydrogen) atoms. The van der Waals surface area contributed by atoms with Gasteiger partial charge in [0.05, 0.1) is 39.6 Å². The molecule has 18 heteroatoms. The van der Waals surface area contributed by atoms with Crippen LogP contribution in [-0.4, -0.2) is 137 Å². The number of hydrogen-bond acceptors (Lipinski definition) is 12. The summed E-state index contributed by atoms with van der Waals surface area (Å²) in [6.07, 6.45) is -2.00. The normalized spacial score (nSPS) is 18.0. The molecule has 254 valence electrons. The maximum atomic E-state index is 10.1. The fourth-order valence-corrected chi connectivity index (χ4v) is 30.4. The summed E-state index contributed by atoms with van der Waals surface area (Å²) in [5.41, 5.74) is 0. The van der Waals surface area contributed by atoms with Crippen LogP contribution in [-0.2, 0) is 34.8 Å². The smallest absolute Gasteiger partial charge is 0.315 e. The van der Waals surface area contributed by atoms with Crippen LogP contribution in [0.5, 0.6) is 0 Å². The standard InChI is InChI=1S/C24H62O12Si6/c1-37(32-40(8,9)36-41(10,11)34-38(2,3)4)33-42(12,35-39(5,6)7)15-13-14-29-18-23(27)19-31-21-24(28)20-30-17-22(26)16-25/h22-28,37H,13-21H2,1-12H3. The van der Waals surface area contributed by atoms with Gasteiger partial charge >= 0.3 is 35.0 Å². The highest BCUT2D eigenvalue weighted by atomic mass is 28.5. The van der Waals surface area contributed by atoms with E-state index in [9.17, 15) is 15.3 Å². The van der Waals surface area contributed by atoms with E-state index in [1.165, 1.54) is 0 Å². The zero-order chi connectivity index (χ0) is 32.8.